The van der Waals surface area contributed by atoms with Crippen LogP contribution in [0.4, 0.5) is 4.79 Å². The van der Waals surface area contributed by atoms with Gasteiger partial charge in [-0.05, 0) is 6.92 Å². The Morgan fingerprint density at radius 3 is 3.00 bits per heavy atom. The minimum atomic E-state index is -0.421. The van der Waals surface area contributed by atoms with Gasteiger partial charge >= 0.3 is 6.03 Å². The van der Waals surface area contributed by atoms with Crippen molar-refractivity contribution in [2.45, 2.75) is 13.8 Å². The number of urea groups is 1. The number of rotatable bonds is 1. The van der Waals surface area contributed by atoms with E-state index < -0.39 is 6.03 Å². The van der Waals surface area contributed by atoms with Crippen molar-refractivity contribution in [3.8, 4) is 0 Å². The Balaban J connectivity index is 2.60. The lowest BCUT2D eigenvalue weighted by molar-refractivity contribution is -0.122. The molecule has 0 fully saturated rings. The second-order valence-corrected chi connectivity index (χ2v) is 2.52. The van der Waals surface area contributed by atoms with E-state index in [1.807, 2.05) is 0 Å². The standard InChI is InChI=1S/C6H10N4O2/c1-4-3-10(9-5(2)11)6(12)8-7-4/h3H2,1-2H3,(H,8,12)(H,9,11). The lowest BCUT2D eigenvalue weighted by atomic mass is 10.4. The first-order valence-electron chi connectivity index (χ1n) is 3.47. The number of hydrazine groups is 1. The Morgan fingerprint density at radius 1 is 1.75 bits per heavy atom. The van der Waals surface area contributed by atoms with Crippen LogP contribution in [0, 0.1) is 0 Å². The van der Waals surface area contributed by atoms with Crippen LogP contribution in [-0.4, -0.2) is 29.2 Å². The van der Waals surface area contributed by atoms with Crippen molar-refractivity contribution in [3.63, 3.8) is 0 Å². The van der Waals surface area contributed by atoms with Crippen LogP contribution in [0.15, 0.2) is 5.10 Å². The fraction of sp³-hybridized carbons (Fsp3) is 0.500. The lowest BCUT2D eigenvalue weighted by Crippen LogP contribution is -2.53. The van der Waals surface area contributed by atoms with Crippen LogP contribution in [0.25, 0.3) is 0 Å². The summed E-state index contributed by atoms with van der Waals surface area (Å²) in [5, 5.41) is 4.86. The minimum absolute atomic E-state index is 0.278. The molecule has 1 aliphatic rings. The van der Waals surface area contributed by atoms with E-state index in [1.165, 1.54) is 11.9 Å². The summed E-state index contributed by atoms with van der Waals surface area (Å²) in [6, 6.07) is -0.421. The Hall–Kier alpha value is -1.59. The summed E-state index contributed by atoms with van der Waals surface area (Å²) in [5.74, 6) is -0.278. The molecule has 0 aromatic rings. The van der Waals surface area contributed by atoms with Gasteiger partial charge in [-0.2, -0.15) is 5.10 Å². The molecule has 0 atom stereocenters. The van der Waals surface area contributed by atoms with Crippen molar-refractivity contribution in [3.05, 3.63) is 0 Å². The highest BCUT2D eigenvalue weighted by Crippen LogP contribution is 1.92. The third-order valence-electron chi connectivity index (χ3n) is 1.27. The van der Waals surface area contributed by atoms with Crippen molar-refractivity contribution in [1.82, 2.24) is 15.9 Å². The van der Waals surface area contributed by atoms with Crippen LogP contribution in [0.1, 0.15) is 13.8 Å². The molecule has 0 aromatic heterocycles. The molecule has 1 rings (SSSR count). The summed E-state index contributed by atoms with van der Waals surface area (Å²) < 4.78 is 0. The number of carbonyl (C=O) groups excluding carboxylic acids is 2. The topological polar surface area (TPSA) is 73.8 Å². The molecule has 6 heteroatoms. The highest BCUT2D eigenvalue weighted by Gasteiger charge is 2.18. The van der Waals surface area contributed by atoms with E-state index in [2.05, 4.69) is 16.0 Å². The van der Waals surface area contributed by atoms with Gasteiger partial charge in [-0.3, -0.25) is 10.2 Å². The average molecular weight is 170 g/mol. The van der Waals surface area contributed by atoms with Gasteiger partial charge in [0, 0.05) is 6.92 Å². The third-order valence-corrected chi connectivity index (χ3v) is 1.27. The molecule has 0 aliphatic carbocycles. The summed E-state index contributed by atoms with van der Waals surface area (Å²) in [7, 11) is 0. The third kappa shape index (κ3) is 1.94. The monoisotopic (exact) mass is 170 g/mol. The highest BCUT2D eigenvalue weighted by molar-refractivity contribution is 5.92. The van der Waals surface area contributed by atoms with E-state index in [0.29, 0.717) is 6.54 Å². The Labute approximate surface area is 69.6 Å². The molecule has 2 N–H and O–H groups in total. The van der Waals surface area contributed by atoms with Gasteiger partial charge in [-0.25, -0.2) is 15.2 Å². The largest absolute Gasteiger partial charge is 0.356 e. The van der Waals surface area contributed by atoms with E-state index in [-0.39, 0.29) is 5.91 Å². The summed E-state index contributed by atoms with van der Waals surface area (Å²) in [6.07, 6.45) is 0. The summed E-state index contributed by atoms with van der Waals surface area (Å²) >= 11 is 0. The van der Waals surface area contributed by atoms with Gasteiger partial charge in [0.15, 0.2) is 0 Å². The fourth-order valence-corrected chi connectivity index (χ4v) is 0.820. The van der Waals surface area contributed by atoms with Gasteiger partial charge in [-0.15, -0.1) is 0 Å². The van der Waals surface area contributed by atoms with Gasteiger partial charge < -0.3 is 0 Å². The second kappa shape index (κ2) is 3.21. The van der Waals surface area contributed by atoms with Crippen molar-refractivity contribution in [1.29, 1.82) is 0 Å². The Kier molecular flexibility index (Phi) is 2.27. The quantitative estimate of drug-likeness (QED) is 0.553. The molecule has 0 aromatic carbocycles. The van der Waals surface area contributed by atoms with Crippen LogP contribution in [0.5, 0.6) is 0 Å². The van der Waals surface area contributed by atoms with Crippen LogP contribution in [0.2, 0.25) is 0 Å². The molecule has 0 bridgehead atoms. The highest BCUT2D eigenvalue weighted by atomic mass is 16.2. The van der Waals surface area contributed by atoms with E-state index in [4.69, 9.17) is 0 Å². The van der Waals surface area contributed by atoms with Gasteiger partial charge in [0.1, 0.15) is 0 Å². The Bertz CT molecular complexity index is 248. The van der Waals surface area contributed by atoms with Crippen molar-refractivity contribution >= 4 is 17.6 Å². The van der Waals surface area contributed by atoms with E-state index in [9.17, 15) is 9.59 Å². The molecule has 0 saturated heterocycles. The maximum absolute atomic E-state index is 11.0. The first kappa shape index (κ1) is 8.51. The van der Waals surface area contributed by atoms with E-state index in [0.717, 1.165) is 5.71 Å². The van der Waals surface area contributed by atoms with Crippen molar-refractivity contribution < 1.29 is 9.59 Å². The number of hydrogen-bond donors (Lipinski definition) is 2. The number of hydrazone groups is 1. The van der Waals surface area contributed by atoms with Gasteiger partial charge in [0.25, 0.3) is 0 Å². The zero-order valence-electron chi connectivity index (χ0n) is 6.92. The van der Waals surface area contributed by atoms with Crippen LogP contribution >= 0.6 is 0 Å². The maximum atomic E-state index is 11.0. The summed E-state index contributed by atoms with van der Waals surface area (Å²) in [4.78, 5) is 21.6. The normalized spacial score (nSPS) is 16.7. The van der Waals surface area contributed by atoms with Crippen LogP contribution in [-0.2, 0) is 4.79 Å². The van der Waals surface area contributed by atoms with Crippen molar-refractivity contribution in [2.75, 3.05) is 6.54 Å². The smallest absolute Gasteiger partial charge is 0.274 e. The first-order chi connectivity index (χ1) is 5.59. The summed E-state index contributed by atoms with van der Waals surface area (Å²) in [5.41, 5.74) is 5.35. The molecule has 12 heavy (non-hydrogen) atoms. The SMILES string of the molecule is CC(=O)NN1CC(C)=NNC1=O. The molecule has 0 unspecified atom stereocenters. The molecular formula is C6H10N4O2. The molecule has 1 heterocycles. The minimum Gasteiger partial charge on any atom is -0.274 e. The molecule has 0 spiro atoms. The van der Waals surface area contributed by atoms with Crippen molar-refractivity contribution in [2.24, 2.45) is 5.10 Å². The van der Waals surface area contributed by atoms with E-state index >= 15 is 0 Å². The molecule has 66 valence electrons. The number of nitrogens with zero attached hydrogens (tertiary/aromatic N) is 2. The maximum Gasteiger partial charge on any atom is 0.356 e. The van der Waals surface area contributed by atoms with Crippen LogP contribution < -0.4 is 10.9 Å². The molecule has 1 aliphatic heterocycles. The fourth-order valence-electron chi connectivity index (χ4n) is 0.820. The summed E-state index contributed by atoms with van der Waals surface area (Å²) in [6.45, 7) is 3.42. The number of carbonyl (C=O) groups is 2. The molecule has 6 nitrogen and oxygen atoms in total. The van der Waals surface area contributed by atoms with E-state index in [1.54, 1.807) is 6.92 Å². The zero-order valence-corrected chi connectivity index (χ0v) is 6.92. The second-order valence-electron chi connectivity index (χ2n) is 2.52. The number of amides is 3. The van der Waals surface area contributed by atoms with Gasteiger partial charge in [-0.1, -0.05) is 0 Å². The molecule has 0 radical (unpaired) electrons. The molecular weight excluding hydrogens is 160 g/mol. The van der Waals surface area contributed by atoms with Gasteiger partial charge in [0.05, 0.1) is 12.3 Å². The zero-order chi connectivity index (χ0) is 9.14. The first-order valence-corrected chi connectivity index (χ1v) is 3.47. The average Bonchev–Trinajstić information content (AvgIpc) is 1.96. The predicted octanol–water partition coefficient (Wildman–Crippen LogP) is -0.561. The predicted molar refractivity (Wildman–Crippen MR) is 42.2 cm³/mol. The number of hydrogen-bond acceptors (Lipinski definition) is 3. The number of nitrogens with one attached hydrogen (secondary N) is 2. The van der Waals surface area contributed by atoms with Crippen LogP contribution in [0.3, 0.4) is 0 Å². The molecule has 0 saturated carbocycles. The van der Waals surface area contributed by atoms with Gasteiger partial charge in [0.2, 0.25) is 5.91 Å². The molecule has 3 amide bonds. The Morgan fingerprint density at radius 2 is 2.42 bits per heavy atom. The lowest BCUT2D eigenvalue weighted by Gasteiger charge is -2.24.